The van der Waals surface area contributed by atoms with E-state index in [0.717, 1.165) is 12.0 Å². The van der Waals surface area contributed by atoms with E-state index < -0.39 is 17.9 Å². The van der Waals surface area contributed by atoms with E-state index in [1.165, 1.54) is 4.88 Å². The Labute approximate surface area is 138 Å². The summed E-state index contributed by atoms with van der Waals surface area (Å²) in [5, 5.41) is 11.6. The minimum Gasteiger partial charge on any atom is -0.481 e. The molecule has 1 aliphatic rings. The molecule has 1 N–H and O–H groups in total. The van der Waals surface area contributed by atoms with Crippen molar-refractivity contribution in [2.75, 3.05) is 6.54 Å². The van der Waals surface area contributed by atoms with Gasteiger partial charge < -0.3 is 10.0 Å². The third-order valence-electron chi connectivity index (χ3n) is 4.23. The Morgan fingerprint density at radius 3 is 2.91 bits per heavy atom. The second kappa shape index (κ2) is 6.91. The molecule has 0 radical (unpaired) electrons. The Morgan fingerprint density at radius 2 is 2.26 bits per heavy atom. The minimum atomic E-state index is -0.854. The van der Waals surface area contributed by atoms with Crippen LogP contribution < -0.4 is 0 Å². The topological polar surface area (TPSA) is 70.5 Å². The normalized spacial score (nSPS) is 21.4. The molecule has 0 saturated carbocycles. The van der Waals surface area contributed by atoms with Crippen molar-refractivity contribution in [2.24, 2.45) is 5.92 Å². The van der Waals surface area contributed by atoms with E-state index in [2.05, 4.69) is 4.98 Å². The van der Waals surface area contributed by atoms with Gasteiger partial charge in [0.15, 0.2) is 0 Å². The molecule has 1 aliphatic heterocycles. The highest BCUT2D eigenvalue weighted by atomic mass is 32.1. The molecule has 1 saturated heterocycles. The first-order valence-corrected chi connectivity index (χ1v) is 8.49. The van der Waals surface area contributed by atoms with Gasteiger partial charge in [0.25, 0.3) is 0 Å². The number of hydrogen-bond donors (Lipinski definition) is 1. The molecule has 2 aromatic heterocycles. The van der Waals surface area contributed by atoms with Crippen LogP contribution in [-0.2, 0) is 16.0 Å². The second-order valence-corrected chi connectivity index (χ2v) is 6.66. The lowest BCUT2D eigenvalue weighted by molar-refractivity contribution is -0.152. The van der Waals surface area contributed by atoms with Gasteiger partial charge in [-0.25, -0.2) is 0 Å². The molecule has 1 fully saturated rings. The number of likely N-dealkylation sites (tertiary alicyclic amines) is 1. The summed E-state index contributed by atoms with van der Waals surface area (Å²) >= 11 is 1.65. The van der Waals surface area contributed by atoms with Gasteiger partial charge in [0.2, 0.25) is 5.91 Å². The number of aliphatic carboxylic acids is 1. The molecule has 0 aromatic carbocycles. The van der Waals surface area contributed by atoms with Gasteiger partial charge in [0, 0.05) is 30.2 Å². The van der Waals surface area contributed by atoms with E-state index in [1.54, 1.807) is 34.7 Å². The molecule has 0 unspecified atom stereocenters. The van der Waals surface area contributed by atoms with E-state index in [1.807, 2.05) is 23.6 Å². The number of rotatable bonds is 5. The van der Waals surface area contributed by atoms with Crippen LogP contribution >= 0.6 is 11.3 Å². The third kappa shape index (κ3) is 3.42. The van der Waals surface area contributed by atoms with Crippen LogP contribution in [0.15, 0.2) is 42.0 Å². The molecule has 6 heteroatoms. The van der Waals surface area contributed by atoms with Gasteiger partial charge in [-0.2, -0.15) is 0 Å². The first-order chi connectivity index (χ1) is 11.2. The average molecular weight is 330 g/mol. The van der Waals surface area contributed by atoms with Crippen molar-refractivity contribution in [1.29, 1.82) is 0 Å². The van der Waals surface area contributed by atoms with Crippen LogP contribution in [0.4, 0.5) is 0 Å². The highest BCUT2D eigenvalue weighted by Gasteiger charge is 2.40. The predicted molar refractivity (Wildman–Crippen MR) is 87.1 cm³/mol. The van der Waals surface area contributed by atoms with Crippen LogP contribution in [0.1, 0.15) is 29.3 Å². The summed E-state index contributed by atoms with van der Waals surface area (Å²) in [5.41, 5.74) is 0.791. The molecule has 3 heterocycles. The van der Waals surface area contributed by atoms with Gasteiger partial charge in [0.1, 0.15) is 0 Å². The highest BCUT2D eigenvalue weighted by Crippen LogP contribution is 2.36. The molecule has 0 spiro atoms. The first kappa shape index (κ1) is 15.7. The van der Waals surface area contributed by atoms with Crippen LogP contribution in [0.2, 0.25) is 0 Å². The molecule has 23 heavy (non-hydrogen) atoms. The number of hydrogen-bond acceptors (Lipinski definition) is 4. The fraction of sp³-hybridized carbons (Fsp3) is 0.353. The van der Waals surface area contributed by atoms with Crippen molar-refractivity contribution in [1.82, 2.24) is 9.88 Å². The van der Waals surface area contributed by atoms with E-state index >= 15 is 0 Å². The van der Waals surface area contributed by atoms with Gasteiger partial charge in [-0.05, 0) is 35.9 Å². The summed E-state index contributed by atoms with van der Waals surface area (Å²) < 4.78 is 0. The van der Waals surface area contributed by atoms with Crippen molar-refractivity contribution < 1.29 is 14.7 Å². The Hall–Kier alpha value is -2.21. The minimum absolute atomic E-state index is 0.0212. The molecule has 2 aromatic rings. The number of carboxylic acids is 1. The molecular formula is C17H18N2O3S. The van der Waals surface area contributed by atoms with Crippen molar-refractivity contribution in [3.63, 3.8) is 0 Å². The van der Waals surface area contributed by atoms with Crippen molar-refractivity contribution in [3.8, 4) is 0 Å². The van der Waals surface area contributed by atoms with E-state index in [-0.39, 0.29) is 12.3 Å². The number of carbonyl (C=O) groups excluding carboxylic acids is 1. The predicted octanol–water partition coefficient (Wildman–Crippen LogP) is 2.75. The molecular weight excluding hydrogens is 312 g/mol. The van der Waals surface area contributed by atoms with Crippen LogP contribution in [0.3, 0.4) is 0 Å². The summed E-state index contributed by atoms with van der Waals surface area (Å²) in [6.45, 7) is 0.530. The van der Waals surface area contributed by atoms with Crippen LogP contribution in [-0.4, -0.2) is 33.4 Å². The third-order valence-corrected chi connectivity index (χ3v) is 5.16. The maximum absolute atomic E-state index is 12.4. The summed E-state index contributed by atoms with van der Waals surface area (Å²) in [6, 6.07) is 7.21. The van der Waals surface area contributed by atoms with Crippen molar-refractivity contribution in [2.45, 2.75) is 25.3 Å². The molecule has 1 amide bonds. The zero-order valence-corrected chi connectivity index (χ0v) is 13.4. The van der Waals surface area contributed by atoms with Crippen LogP contribution in [0.5, 0.6) is 0 Å². The van der Waals surface area contributed by atoms with Gasteiger partial charge >= 0.3 is 5.97 Å². The van der Waals surface area contributed by atoms with Crippen molar-refractivity contribution >= 4 is 23.2 Å². The summed E-state index contributed by atoms with van der Waals surface area (Å²) in [5.74, 6) is -1.42. The fourth-order valence-corrected chi connectivity index (χ4v) is 3.82. The molecule has 2 atom stereocenters. The summed E-state index contributed by atoms with van der Waals surface area (Å²) in [6.07, 6.45) is 4.73. The highest BCUT2D eigenvalue weighted by molar-refractivity contribution is 7.09. The number of aromatic nitrogens is 1. The van der Waals surface area contributed by atoms with Gasteiger partial charge in [-0.1, -0.05) is 12.1 Å². The molecule has 5 nitrogen and oxygen atoms in total. The first-order valence-electron chi connectivity index (χ1n) is 7.61. The van der Waals surface area contributed by atoms with Crippen LogP contribution in [0.25, 0.3) is 0 Å². The lowest BCUT2D eigenvalue weighted by Gasteiger charge is -2.39. The number of amides is 1. The molecule has 0 bridgehead atoms. The standard InChI is InChI=1S/C17H18N2O3S/c20-15-6-5-14(17(21)22)16(12-3-1-8-18-11-12)19(15)9-7-13-4-2-10-23-13/h1-4,8,10-11,14,16H,5-7,9H2,(H,21,22)/t14-,16-/m0/s1. The molecule has 0 aliphatic carbocycles. The molecule has 120 valence electrons. The van der Waals surface area contributed by atoms with Gasteiger partial charge in [-0.15, -0.1) is 11.3 Å². The maximum Gasteiger partial charge on any atom is 0.308 e. The maximum atomic E-state index is 12.4. The van der Waals surface area contributed by atoms with E-state index in [0.29, 0.717) is 13.0 Å². The van der Waals surface area contributed by atoms with Gasteiger partial charge in [0.05, 0.1) is 12.0 Å². The quantitative estimate of drug-likeness (QED) is 0.915. The lowest BCUT2D eigenvalue weighted by Crippen LogP contribution is -2.46. The smallest absolute Gasteiger partial charge is 0.308 e. The summed E-state index contributed by atoms with van der Waals surface area (Å²) in [4.78, 5) is 31.1. The largest absolute Gasteiger partial charge is 0.481 e. The van der Waals surface area contributed by atoms with Crippen LogP contribution in [0, 0.1) is 5.92 Å². The van der Waals surface area contributed by atoms with E-state index in [4.69, 9.17) is 0 Å². The molecule has 3 rings (SSSR count). The second-order valence-electron chi connectivity index (χ2n) is 5.63. The average Bonchev–Trinajstić information content (AvgIpc) is 3.07. The number of thiophene rings is 1. The number of carboxylic acid groups (broad SMARTS) is 1. The van der Waals surface area contributed by atoms with Gasteiger partial charge in [-0.3, -0.25) is 14.6 Å². The Balaban J connectivity index is 1.87. The summed E-state index contributed by atoms with van der Waals surface area (Å²) in [7, 11) is 0. The Bertz CT molecular complexity index is 672. The Kier molecular flexibility index (Phi) is 4.71. The number of nitrogens with zero attached hydrogens (tertiary/aromatic N) is 2. The number of carbonyl (C=O) groups is 2. The Morgan fingerprint density at radius 1 is 1.39 bits per heavy atom. The number of piperidine rings is 1. The van der Waals surface area contributed by atoms with E-state index in [9.17, 15) is 14.7 Å². The SMILES string of the molecule is O=C(O)[C@H]1CCC(=O)N(CCc2cccs2)[C@H]1c1cccnc1. The fourth-order valence-electron chi connectivity index (χ4n) is 3.12. The van der Waals surface area contributed by atoms with Crippen molar-refractivity contribution in [3.05, 3.63) is 52.5 Å². The zero-order valence-electron chi connectivity index (χ0n) is 12.6. The lowest BCUT2D eigenvalue weighted by atomic mass is 9.84. The monoisotopic (exact) mass is 330 g/mol. The zero-order chi connectivity index (χ0) is 16.2. The number of pyridine rings is 1.